The largest absolute Gasteiger partial charge is 0.312 e. The van der Waals surface area contributed by atoms with E-state index in [0.29, 0.717) is 6.04 Å². The standard InChI is InChI=1S/C15H27N3S/c1-5-6-13-15(19-18-17-13)14(16-4)12-8-10(2)7-11(3)9-12/h10-12,14,16H,5-9H2,1-4H3. The molecule has 1 heterocycles. The Balaban J connectivity index is 2.16. The first-order chi connectivity index (χ1) is 9.15. The predicted octanol–water partition coefficient (Wildman–Crippen LogP) is 3.82. The Hall–Kier alpha value is -0.480. The van der Waals surface area contributed by atoms with Crippen LogP contribution in [0.5, 0.6) is 0 Å². The SMILES string of the molecule is CCCc1nnsc1C(NC)C1CC(C)CC(C)C1. The van der Waals surface area contributed by atoms with E-state index in [9.17, 15) is 0 Å². The molecule has 19 heavy (non-hydrogen) atoms. The Bertz CT molecular complexity index is 380. The van der Waals surface area contributed by atoms with Crippen LogP contribution in [0.1, 0.15) is 63.1 Å². The van der Waals surface area contributed by atoms with Crippen LogP contribution in [-0.4, -0.2) is 16.6 Å². The van der Waals surface area contributed by atoms with Gasteiger partial charge in [-0.15, -0.1) is 5.10 Å². The molecule has 2 rings (SSSR count). The molecule has 4 heteroatoms. The summed E-state index contributed by atoms with van der Waals surface area (Å²) >= 11 is 1.59. The van der Waals surface area contributed by atoms with Gasteiger partial charge in [0.05, 0.1) is 10.6 Å². The Kier molecular flexibility index (Phi) is 5.34. The maximum atomic E-state index is 4.34. The molecule has 0 bridgehead atoms. The minimum atomic E-state index is 0.451. The molecule has 1 aromatic rings. The van der Waals surface area contributed by atoms with Gasteiger partial charge < -0.3 is 5.32 Å². The predicted molar refractivity (Wildman–Crippen MR) is 81.4 cm³/mol. The normalized spacial score (nSPS) is 29.4. The van der Waals surface area contributed by atoms with Crippen molar-refractivity contribution in [2.45, 2.75) is 58.9 Å². The zero-order chi connectivity index (χ0) is 13.8. The van der Waals surface area contributed by atoms with Gasteiger partial charge in [0.2, 0.25) is 0 Å². The lowest BCUT2D eigenvalue weighted by atomic mass is 9.73. The van der Waals surface area contributed by atoms with Gasteiger partial charge >= 0.3 is 0 Å². The lowest BCUT2D eigenvalue weighted by Crippen LogP contribution is -2.31. The highest BCUT2D eigenvalue weighted by Crippen LogP contribution is 2.41. The number of nitrogens with one attached hydrogen (secondary N) is 1. The Morgan fingerprint density at radius 2 is 1.95 bits per heavy atom. The molecule has 3 unspecified atom stereocenters. The van der Waals surface area contributed by atoms with Crippen molar-refractivity contribution in [3.63, 3.8) is 0 Å². The third kappa shape index (κ3) is 3.54. The third-order valence-corrected chi connectivity index (χ3v) is 5.20. The quantitative estimate of drug-likeness (QED) is 0.891. The number of nitrogens with zero attached hydrogens (tertiary/aromatic N) is 2. The summed E-state index contributed by atoms with van der Waals surface area (Å²) in [5, 5.41) is 7.88. The van der Waals surface area contributed by atoms with Crippen LogP contribution in [0, 0.1) is 17.8 Å². The van der Waals surface area contributed by atoms with Crippen LogP contribution in [0.2, 0.25) is 0 Å². The molecule has 0 saturated heterocycles. The highest BCUT2D eigenvalue weighted by atomic mass is 32.1. The highest BCUT2D eigenvalue weighted by Gasteiger charge is 2.32. The number of aryl methyl sites for hydroxylation is 1. The first-order valence-electron chi connectivity index (χ1n) is 7.64. The molecule has 1 aliphatic rings. The van der Waals surface area contributed by atoms with Crippen molar-refractivity contribution in [1.29, 1.82) is 0 Å². The van der Waals surface area contributed by atoms with Gasteiger partial charge in [-0.25, -0.2) is 0 Å². The van der Waals surface area contributed by atoms with E-state index in [-0.39, 0.29) is 0 Å². The van der Waals surface area contributed by atoms with E-state index in [1.54, 1.807) is 11.5 Å². The molecule has 1 aliphatic carbocycles. The summed E-state index contributed by atoms with van der Waals surface area (Å²) in [7, 11) is 2.09. The second-order valence-corrected chi connectivity index (χ2v) is 7.06. The van der Waals surface area contributed by atoms with Crippen molar-refractivity contribution in [1.82, 2.24) is 14.9 Å². The topological polar surface area (TPSA) is 37.8 Å². The van der Waals surface area contributed by atoms with Crippen LogP contribution in [0.25, 0.3) is 0 Å². The monoisotopic (exact) mass is 281 g/mol. The molecule has 1 fully saturated rings. The maximum absolute atomic E-state index is 4.34. The van der Waals surface area contributed by atoms with E-state index in [1.165, 1.54) is 29.8 Å². The van der Waals surface area contributed by atoms with Gasteiger partial charge in [-0.05, 0) is 62.0 Å². The fourth-order valence-electron chi connectivity index (χ4n) is 3.72. The number of aromatic nitrogens is 2. The van der Waals surface area contributed by atoms with E-state index in [1.807, 2.05) is 0 Å². The molecule has 1 saturated carbocycles. The van der Waals surface area contributed by atoms with Crippen molar-refractivity contribution in [2.75, 3.05) is 7.05 Å². The van der Waals surface area contributed by atoms with Gasteiger partial charge in [-0.3, -0.25) is 0 Å². The van der Waals surface area contributed by atoms with Gasteiger partial charge in [0, 0.05) is 6.04 Å². The second-order valence-electron chi connectivity index (χ2n) is 6.28. The Labute approximate surface area is 121 Å². The summed E-state index contributed by atoms with van der Waals surface area (Å²) in [6.45, 7) is 7.00. The minimum Gasteiger partial charge on any atom is -0.312 e. The molecule has 0 aliphatic heterocycles. The summed E-state index contributed by atoms with van der Waals surface area (Å²) < 4.78 is 4.19. The zero-order valence-electron chi connectivity index (χ0n) is 12.6. The summed E-state index contributed by atoms with van der Waals surface area (Å²) in [5.41, 5.74) is 1.22. The van der Waals surface area contributed by atoms with Crippen molar-refractivity contribution < 1.29 is 0 Å². The van der Waals surface area contributed by atoms with Crippen molar-refractivity contribution in [3.05, 3.63) is 10.6 Å². The maximum Gasteiger partial charge on any atom is 0.0803 e. The fraction of sp³-hybridized carbons (Fsp3) is 0.867. The first-order valence-corrected chi connectivity index (χ1v) is 8.41. The molecule has 0 aromatic carbocycles. The number of hydrogen-bond donors (Lipinski definition) is 1. The van der Waals surface area contributed by atoms with Crippen LogP contribution in [0.3, 0.4) is 0 Å². The smallest absolute Gasteiger partial charge is 0.0803 e. The van der Waals surface area contributed by atoms with Crippen LogP contribution in [0.15, 0.2) is 0 Å². The van der Waals surface area contributed by atoms with E-state index < -0.39 is 0 Å². The molecular formula is C15H27N3S. The molecule has 0 radical (unpaired) electrons. The minimum absolute atomic E-state index is 0.451. The summed E-state index contributed by atoms with van der Waals surface area (Å²) in [6.07, 6.45) is 6.25. The number of rotatable bonds is 5. The molecule has 108 valence electrons. The Morgan fingerprint density at radius 1 is 1.26 bits per heavy atom. The van der Waals surface area contributed by atoms with E-state index in [2.05, 4.69) is 42.7 Å². The highest BCUT2D eigenvalue weighted by molar-refractivity contribution is 7.05. The molecule has 3 atom stereocenters. The zero-order valence-corrected chi connectivity index (χ0v) is 13.5. The third-order valence-electron chi connectivity index (χ3n) is 4.35. The van der Waals surface area contributed by atoms with Gasteiger partial charge in [-0.1, -0.05) is 31.7 Å². The van der Waals surface area contributed by atoms with Crippen LogP contribution in [-0.2, 0) is 6.42 Å². The lowest BCUT2D eigenvalue weighted by Gasteiger charge is -2.36. The molecular weight excluding hydrogens is 254 g/mol. The fourth-order valence-corrected chi connectivity index (χ4v) is 4.62. The lowest BCUT2D eigenvalue weighted by molar-refractivity contribution is 0.181. The second kappa shape index (κ2) is 6.80. The van der Waals surface area contributed by atoms with Crippen molar-refractivity contribution >= 4 is 11.5 Å². The van der Waals surface area contributed by atoms with Gasteiger partial charge in [0.25, 0.3) is 0 Å². The van der Waals surface area contributed by atoms with Crippen LogP contribution >= 0.6 is 11.5 Å². The van der Waals surface area contributed by atoms with E-state index in [0.717, 1.165) is 30.6 Å². The molecule has 0 amide bonds. The molecule has 1 N–H and O–H groups in total. The average Bonchev–Trinajstić information content (AvgIpc) is 2.78. The summed E-state index contributed by atoms with van der Waals surface area (Å²) in [4.78, 5) is 1.38. The van der Waals surface area contributed by atoms with Crippen molar-refractivity contribution in [2.24, 2.45) is 17.8 Å². The van der Waals surface area contributed by atoms with E-state index in [4.69, 9.17) is 0 Å². The molecule has 3 nitrogen and oxygen atoms in total. The van der Waals surface area contributed by atoms with Crippen LogP contribution < -0.4 is 5.32 Å². The Morgan fingerprint density at radius 3 is 2.53 bits per heavy atom. The average molecular weight is 281 g/mol. The summed E-state index contributed by atoms with van der Waals surface area (Å²) in [5.74, 6) is 2.43. The first kappa shape index (κ1) is 14.9. The van der Waals surface area contributed by atoms with Crippen LogP contribution in [0.4, 0.5) is 0 Å². The van der Waals surface area contributed by atoms with Gasteiger partial charge in [0.15, 0.2) is 0 Å². The number of hydrogen-bond acceptors (Lipinski definition) is 4. The molecule has 1 aromatic heterocycles. The summed E-state index contributed by atoms with van der Waals surface area (Å²) in [6, 6.07) is 0.451. The van der Waals surface area contributed by atoms with Gasteiger partial charge in [0.1, 0.15) is 0 Å². The van der Waals surface area contributed by atoms with Gasteiger partial charge in [-0.2, -0.15) is 0 Å². The van der Waals surface area contributed by atoms with Crippen molar-refractivity contribution in [3.8, 4) is 0 Å². The molecule has 0 spiro atoms. The van der Waals surface area contributed by atoms with E-state index >= 15 is 0 Å².